The van der Waals surface area contributed by atoms with Gasteiger partial charge < -0.3 is 15.6 Å². The van der Waals surface area contributed by atoms with Crippen LogP contribution in [0, 0.1) is 19.7 Å². The Labute approximate surface area is 180 Å². The summed E-state index contributed by atoms with van der Waals surface area (Å²) in [5.41, 5.74) is 4.29. The van der Waals surface area contributed by atoms with Gasteiger partial charge in [0.1, 0.15) is 5.82 Å². The molecule has 0 saturated carbocycles. The number of amides is 2. The average Bonchev–Trinajstić information content (AvgIpc) is 3.16. The van der Waals surface area contributed by atoms with Gasteiger partial charge in [0.25, 0.3) is 11.8 Å². The number of hydrogen-bond acceptors (Lipinski definition) is 3. The van der Waals surface area contributed by atoms with Crippen LogP contribution in [0.1, 0.15) is 58.6 Å². The second-order valence-electron chi connectivity index (χ2n) is 7.53. The molecule has 5 nitrogen and oxygen atoms in total. The van der Waals surface area contributed by atoms with Crippen LogP contribution >= 0.6 is 11.8 Å². The van der Waals surface area contributed by atoms with Crippen LogP contribution in [0.15, 0.2) is 18.2 Å². The first-order valence-electron chi connectivity index (χ1n) is 10.2. The molecule has 2 heterocycles. The number of thioether (sulfide) groups is 1. The quantitative estimate of drug-likeness (QED) is 0.391. The van der Waals surface area contributed by atoms with Crippen LogP contribution < -0.4 is 10.6 Å². The van der Waals surface area contributed by atoms with Crippen LogP contribution in [0.3, 0.4) is 0 Å². The molecule has 0 fully saturated rings. The molecule has 0 radical (unpaired) electrons. The van der Waals surface area contributed by atoms with E-state index < -0.39 is 5.82 Å². The van der Waals surface area contributed by atoms with Gasteiger partial charge in [0.2, 0.25) is 0 Å². The summed E-state index contributed by atoms with van der Waals surface area (Å²) in [4.78, 5) is 28.2. The second kappa shape index (κ2) is 9.98. The summed E-state index contributed by atoms with van der Waals surface area (Å²) in [7, 11) is 0. The third-order valence-electron chi connectivity index (χ3n) is 5.32. The van der Waals surface area contributed by atoms with E-state index in [2.05, 4.69) is 21.9 Å². The fourth-order valence-electron chi connectivity index (χ4n) is 3.72. The lowest BCUT2D eigenvalue weighted by Gasteiger charge is -2.06. The summed E-state index contributed by atoms with van der Waals surface area (Å²) in [6.45, 7) is 4.34. The van der Waals surface area contributed by atoms with Gasteiger partial charge in [-0.2, -0.15) is 11.8 Å². The summed E-state index contributed by atoms with van der Waals surface area (Å²) >= 11 is 1.86. The zero-order chi connectivity index (χ0) is 21.7. The lowest BCUT2D eigenvalue weighted by molar-refractivity contribution is -0.110. The molecule has 0 aliphatic carbocycles. The van der Waals surface area contributed by atoms with E-state index in [1.807, 2.05) is 25.6 Å². The number of aromatic nitrogens is 1. The number of nitrogens with one attached hydrogen (secondary N) is 3. The van der Waals surface area contributed by atoms with Gasteiger partial charge in [0, 0.05) is 29.2 Å². The summed E-state index contributed by atoms with van der Waals surface area (Å²) in [5.74, 6) is 0.387. The van der Waals surface area contributed by atoms with Gasteiger partial charge in [-0.15, -0.1) is 0 Å². The second-order valence-corrected chi connectivity index (χ2v) is 8.51. The van der Waals surface area contributed by atoms with Crippen LogP contribution in [0.2, 0.25) is 0 Å². The molecular formula is C23H28FN3O2S. The lowest BCUT2D eigenvalue weighted by atomic mass is 10.0. The molecule has 0 unspecified atom stereocenters. The molecule has 2 aromatic rings. The Hall–Kier alpha value is -2.54. The summed E-state index contributed by atoms with van der Waals surface area (Å²) in [6.07, 6.45) is 8.26. The maximum atomic E-state index is 13.7. The van der Waals surface area contributed by atoms with Gasteiger partial charge in [-0.1, -0.05) is 12.8 Å². The van der Waals surface area contributed by atoms with E-state index in [0.717, 1.165) is 24.1 Å². The molecule has 1 aromatic heterocycles. The van der Waals surface area contributed by atoms with E-state index in [0.29, 0.717) is 34.6 Å². The van der Waals surface area contributed by atoms with Crippen LogP contribution in [0.25, 0.3) is 11.6 Å². The van der Waals surface area contributed by atoms with Gasteiger partial charge >= 0.3 is 0 Å². The number of carbonyl (C=O) groups excluding carboxylic acids is 2. The highest BCUT2D eigenvalue weighted by Crippen LogP contribution is 2.34. The van der Waals surface area contributed by atoms with E-state index in [-0.39, 0.29) is 11.8 Å². The normalized spacial score (nSPS) is 14.1. The molecule has 0 bridgehead atoms. The van der Waals surface area contributed by atoms with Crippen molar-refractivity contribution in [1.82, 2.24) is 10.3 Å². The van der Waals surface area contributed by atoms with Gasteiger partial charge in [-0.3, -0.25) is 9.59 Å². The molecule has 3 N–H and O–H groups in total. The Morgan fingerprint density at radius 3 is 2.73 bits per heavy atom. The van der Waals surface area contributed by atoms with Crippen molar-refractivity contribution in [3.05, 3.63) is 52.1 Å². The Kier molecular flexibility index (Phi) is 7.37. The number of benzene rings is 1. The first kappa shape index (κ1) is 22.2. The number of rotatable bonds is 9. The third-order valence-corrected chi connectivity index (χ3v) is 6.01. The molecule has 1 aliphatic heterocycles. The first-order valence-corrected chi connectivity index (χ1v) is 11.6. The topological polar surface area (TPSA) is 74.0 Å². The SMILES string of the molecule is CSCCCCCCNC(=O)c1c(C)[nH]c(/C=C2\C(=O)Nc3ccc(F)cc32)c1C. The van der Waals surface area contributed by atoms with E-state index in [9.17, 15) is 14.0 Å². The number of fused-ring (bicyclic) bond motifs is 1. The molecule has 160 valence electrons. The van der Waals surface area contributed by atoms with Crippen molar-refractivity contribution >= 4 is 40.9 Å². The van der Waals surface area contributed by atoms with Gasteiger partial charge in [-0.25, -0.2) is 4.39 Å². The highest BCUT2D eigenvalue weighted by molar-refractivity contribution is 7.98. The summed E-state index contributed by atoms with van der Waals surface area (Å²) in [5, 5.41) is 5.74. The van der Waals surface area contributed by atoms with Crippen LogP contribution in [-0.4, -0.2) is 35.4 Å². The molecule has 7 heteroatoms. The number of aromatic amines is 1. The first-order chi connectivity index (χ1) is 14.4. The predicted octanol–water partition coefficient (Wildman–Crippen LogP) is 4.92. The summed E-state index contributed by atoms with van der Waals surface area (Å²) in [6, 6.07) is 4.21. The number of carbonyl (C=O) groups is 2. The van der Waals surface area contributed by atoms with Gasteiger partial charge in [0.05, 0.1) is 11.1 Å². The van der Waals surface area contributed by atoms with Crippen molar-refractivity contribution in [3.63, 3.8) is 0 Å². The van der Waals surface area contributed by atoms with E-state index in [4.69, 9.17) is 0 Å². The maximum Gasteiger partial charge on any atom is 0.256 e. The zero-order valence-electron chi connectivity index (χ0n) is 17.7. The zero-order valence-corrected chi connectivity index (χ0v) is 18.5. The molecule has 0 saturated heterocycles. The maximum absolute atomic E-state index is 13.7. The number of anilines is 1. The van der Waals surface area contributed by atoms with E-state index >= 15 is 0 Å². The van der Waals surface area contributed by atoms with Crippen LogP contribution in [-0.2, 0) is 4.79 Å². The average molecular weight is 430 g/mol. The lowest BCUT2D eigenvalue weighted by Crippen LogP contribution is -2.25. The number of halogens is 1. The largest absolute Gasteiger partial charge is 0.358 e. The fourth-order valence-corrected chi connectivity index (χ4v) is 4.22. The minimum Gasteiger partial charge on any atom is -0.358 e. The standard InChI is InChI=1S/C23H28FN3O2S/c1-14-20(13-18-17-12-16(24)8-9-19(17)27-22(18)28)26-15(2)21(14)23(29)25-10-6-4-5-7-11-30-3/h8-9,12-13,26H,4-7,10-11H2,1-3H3,(H,25,29)(H,27,28)/b18-13-. The van der Waals surface area contributed by atoms with Crippen molar-refractivity contribution < 1.29 is 14.0 Å². The monoisotopic (exact) mass is 429 g/mol. The van der Waals surface area contributed by atoms with E-state index in [1.54, 1.807) is 12.1 Å². The fraction of sp³-hybridized carbons (Fsp3) is 0.391. The molecule has 0 atom stereocenters. The molecule has 30 heavy (non-hydrogen) atoms. The van der Waals surface area contributed by atoms with Gasteiger partial charge in [0.15, 0.2) is 0 Å². The molecule has 2 amide bonds. The molecule has 1 aromatic carbocycles. The number of H-pyrrole nitrogens is 1. The van der Waals surface area contributed by atoms with Crippen molar-refractivity contribution in [2.24, 2.45) is 0 Å². The summed E-state index contributed by atoms with van der Waals surface area (Å²) < 4.78 is 13.7. The van der Waals surface area contributed by atoms with Crippen molar-refractivity contribution in [2.75, 3.05) is 23.9 Å². The molecule has 0 spiro atoms. The minimum atomic E-state index is -0.399. The van der Waals surface area contributed by atoms with Crippen molar-refractivity contribution in [2.45, 2.75) is 39.5 Å². The predicted molar refractivity (Wildman–Crippen MR) is 122 cm³/mol. The Morgan fingerprint density at radius 1 is 1.20 bits per heavy atom. The Morgan fingerprint density at radius 2 is 1.97 bits per heavy atom. The number of unbranched alkanes of at least 4 members (excludes halogenated alkanes) is 3. The highest BCUT2D eigenvalue weighted by atomic mass is 32.2. The number of hydrogen-bond donors (Lipinski definition) is 3. The molecule has 3 rings (SSSR count). The third kappa shape index (κ3) is 4.95. The van der Waals surface area contributed by atoms with Crippen LogP contribution in [0.4, 0.5) is 10.1 Å². The number of aryl methyl sites for hydroxylation is 1. The molecular weight excluding hydrogens is 401 g/mol. The Bertz CT molecular complexity index is 981. The highest BCUT2D eigenvalue weighted by Gasteiger charge is 2.26. The molecule has 1 aliphatic rings. The van der Waals surface area contributed by atoms with Gasteiger partial charge in [-0.05, 0) is 68.5 Å². The van der Waals surface area contributed by atoms with Crippen LogP contribution in [0.5, 0.6) is 0 Å². The Balaban J connectivity index is 1.71. The van der Waals surface area contributed by atoms with Crippen molar-refractivity contribution in [1.29, 1.82) is 0 Å². The minimum absolute atomic E-state index is 0.114. The smallest absolute Gasteiger partial charge is 0.256 e. The van der Waals surface area contributed by atoms with Crippen molar-refractivity contribution in [3.8, 4) is 0 Å². The van der Waals surface area contributed by atoms with E-state index in [1.165, 1.54) is 30.7 Å².